The fraction of sp³-hybridized carbons (Fsp3) is 0.0222. The molecule has 0 radical (unpaired) electrons. The van der Waals surface area contributed by atoms with E-state index in [1.807, 2.05) is 24.3 Å². The molecule has 14 aromatic carbocycles. The molecule has 1 aliphatic carbocycles. The minimum Gasteiger partial charge on any atom is -0.460 e. The molecule has 7 aromatic heterocycles. The zero-order chi connectivity index (χ0) is 63.8. The number of benzene rings is 14. The summed E-state index contributed by atoms with van der Waals surface area (Å²) in [6.07, 6.45) is 6.39. The predicted octanol–water partition coefficient (Wildman–Crippen LogP) is 24.2. The Morgan fingerprint density at radius 2 is 0.735 bits per heavy atom. The molecule has 8 heteroatoms. The summed E-state index contributed by atoms with van der Waals surface area (Å²) in [6.45, 7) is 0. The van der Waals surface area contributed by atoms with Gasteiger partial charge in [0.15, 0.2) is 5.82 Å². The lowest BCUT2D eigenvalue weighted by Gasteiger charge is -2.17. The lowest BCUT2D eigenvalue weighted by Crippen LogP contribution is -2.04. The summed E-state index contributed by atoms with van der Waals surface area (Å²) in [7, 11) is 0. The highest BCUT2D eigenvalue weighted by atomic mass is 16.3. The van der Waals surface area contributed by atoms with E-state index in [9.17, 15) is 0 Å². The fourth-order valence-corrected chi connectivity index (χ4v) is 16.4. The molecule has 7 heterocycles. The lowest BCUT2D eigenvalue weighted by molar-refractivity contribution is 0.546. The second kappa shape index (κ2) is 20.2. The molecule has 0 saturated carbocycles. The van der Waals surface area contributed by atoms with E-state index in [1.165, 1.54) is 32.5 Å². The minimum absolute atomic E-state index is 0.631. The van der Waals surface area contributed by atoms with Gasteiger partial charge in [0.1, 0.15) is 39.5 Å². The van der Waals surface area contributed by atoms with Gasteiger partial charge in [0.2, 0.25) is 0 Å². The standard InChI is InChI=1S/C90H53N5O3/c1-2-16-60-59(15-1)70(39-44-79(60)94-77-24-10-4-18-62(77)72-46-53(33-42-81(72)94)56-30-37-68-65-21-7-13-27-84(65)97-87(68)49-56)89-91-75-40-35-58(93-76-23-9-3-17-61(76)71-45-52(32-41-80(71)93)55-29-36-67-64-20-6-12-26-83(64)96-86(67)48-55)51-74(75)90(92-89)95-78-25-11-5-19-63(78)73-47-54(34-43-82(73)95)57-31-38-69-66-22-8-14-28-85(66)98-88(69)50-57/h1-11,13-25,27-51H,12,26H2. The molecule has 0 amide bonds. The first-order chi connectivity index (χ1) is 48.5. The second-order valence-corrected chi connectivity index (χ2v) is 26.2. The normalized spacial score (nSPS) is 12.8. The Labute approximate surface area is 559 Å². The zero-order valence-electron chi connectivity index (χ0n) is 52.7. The topological polar surface area (TPSA) is 80.0 Å². The highest BCUT2D eigenvalue weighted by Crippen LogP contribution is 2.45. The summed E-state index contributed by atoms with van der Waals surface area (Å²) in [5.41, 5.74) is 22.7. The Hall–Kier alpha value is -13.0. The number of rotatable bonds is 7. The van der Waals surface area contributed by atoms with Crippen LogP contribution in [0.15, 0.2) is 304 Å². The van der Waals surface area contributed by atoms with Gasteiger partial charge >= 0.3 is 0 Å². The number of allylic oxidation sites excluding steroid dienone is 1. The summed E-state index contributed by atoms with van der Waals surface area (Å²) < 4.78 is 26.5. The van der Waals surface area contributed by atoms with Crippen LogP contribution >= 0.6 is 0 Å². The van der Waals surface area contributed by atoms with E-state index >= 15 is 0 Å². The molecule has 0 saturated heterocycles. The third-order valence-corrected chi connectivity index (χ3v) is 20.9. The van der Waals surface area contributed by atoms with Crippen molar-refractivity contribution in [3.05, 3.63) is 303 Å². The van der Waals surface area contributed by atoms with Crippen LogP contribution in [0, 0.1) is 0 Å². The number of aryl methyl sites for hydroxylation is 1. The zero-order valence-corrected chi connectivity index (χ0v) is 52.7. The molecule has 1 aliphatic rings. The molecule has 8 nitrogen and oxygen atoms in total. The van der Waals surface area contributed by atoms with Crippen molar-refractivity contribution in [1.82, 2.24) is 23.7 Å². The molecule has 0 fully saturated rings. The number of hydrogen-bond donors (Lipinski definition) is 0. The highest BCUT2D eigenvalue weighted by Gasteiger charge is 2.25. The molecule has 98 heavy (non-hydrogen) atoms. The van der Waals surface area contributed by atoms with Gasteiger partial charge in [0.05, 0.1) is 44.3 Å². The van der Waals surface area contributed by atoms with Gasteiger partial charge in [0.25, 0.3) is 0 Å². The Morgan fingerprint density at radius 3 is 1.34 bits per heavy atom. The number of hydrogen-bond acceptors (Lipinski definition) is 5. The highest BCUT2D eigenvalue weighted by molar-refractivity contribution is 6.16. The molecular formula is C90H53N5O3. The largest absolute Gasteiger partial charge is 0.460 e. The molecule has 0 bridgehead atoms. The van der Waals surface area contributed by atoms with Crippen LogP contribution in [-0.2, 0) is 6.42 Å². The smallest absolute Gasteiger partial charge is 0.162 e. The molecule has 0 N–H and O–H groups in total. The average Bonchev–Trinajstić information content (AvgIpc) is 1.52. The molecule has 22 rings (SSSR count). The number of fused-ring (bicyclic) bond motifs is 20. The fourth-order valence-electron chi connectivity index (χ4n) is 16.4. The van der Waals surface area contributed by atoms with Gasteiger partial charge in [-0.05, 0) is 179 Å². The third-order valence-electron chi connectivity index (χ3n) is 20.9. The summed E-state index contributed by atoms with van der Waals surface area (Å²) in [5, 5.41) is 15.6. The Bertz CT molecular complexity index is 7080. The van der Waals surface area contributed by atoms with E-state index < -0.39 is 0 Å². The second-order valence-electron chi connectivity index (χ2n) is 26.2. The van der Waals surface area contributed by atoms with Crippen LogP contribution in [0.3, 0.4) is 0 Å². The number of nitrogens with zero attached hydrogens (tertiary/aromatic N) is 5. The van der Waals surface area contributed by atoms with Crippen LogP contribution in [0.2, 0.25) is 0 Å². The van der Waals surface area contributed by atoms with E-state index in [2.05, 4.69) is 287 Å². The Morgan fingerprint density at radius 1 is 0.286 bits per heavy atom. The van der Waals surface area contributed by atoms with Gasteiger partial charge in [-0.25, -0.2) is 9.97 Å². The number of aromatic nitrogens is 5. The predicted molar refractivity (Wildman–Crippen MR) is 403 cm³/mol. The number of para-hydroxylation sites is 5. The van der Waals surface area contributed by atoms with Crippen LogP contribution in [0.5, 0.6) is 0 Å². The summed E-state index contributed by atoms with van der Waals surface area (Å²) in [6, 6.07) is 103. The van der Waals surface area contributed by atoms with Crippen LogP contribution in [0.25, 0.3) is 210 Å². The Balaban J connectivity index is 0.730. The monoisotopic (exact) mass is 1250 g/mol. The van der Waals surface area contributed by atoms with Gasteiger partial charge in [-0.15, -0.1) is 0 Å². The van der Waals surface area contributed by atoms with E-state index in [4.69, 9.17) is 23.2 Å². The van der Waals surface area contributed by atoms with Crippen molar-refractivity contribution >= 4 is 148 Å². The first kappa shape index (κ1) is 53.3. The minimum atomic E-state index is 0.631. The van der Waals surface area contributed by atoms with Crippen molar-refractivity contribution in [1.29, 1.82) is 0 Å². The summed E-state index contributed by atoms with van der Waals surface area (Å²) >= 11 is 0. The maximum atomic E-state index is 6.49. The van der Waals surface area contributed by atoms with Gasteiger partial charge in [0, 0.05) is 93.3 Å². The molecule has 0 unspecified atom stereocenters. The average molecular weight is 1250 g/mol. The van der Waals surface area contributed by atoms with Crippen LogP contribution in [-0.4, -0.2) is 23.7 Å². The van der Waals surface area contributed by atoms with Crippen molar-refractivity contribution in [2.75, 3.05) is 0 Å². The van der Waals surface area contributed by atoms with E-state index in [-0.39, 0.29) is 0 Å². The molecule has 456 valence electrons. The van der Waals surface area contributed by atoms with Crippen LogP contribution < -0.4 is 0 Å². The molecule has 0 aliphatic heterocycles. The number of furan rings is 3. The first-order valence-corrected chi connectivity index (χ1v) is 33.6. The quantitative estimate of drug-likeness (QED) is 0.159. The van der Waals surface area contributed by atoms with Crippen molar-refractivity contribution in [3.63, 3.8) is 0 Å². The summed E-state index contributed by atoms with van der Waals surface area (Å²) in [4.78, 5) is 11.6. The Kier molecular flexibility index (Phi) is 11.0. The van der Waals surface area contributed by atoms with Crippen molar-refractivity contribution < 1.29 is 13.3 Å². The van der Waals surface area contributed by atoms with Gasteiger partial charge < -0.3 is 22.4 Å². The van der Waals surface area contributed by atoms with Crippen molar-refractivity contribution in [2.24, 2.45) is 0 Å². The van der Waals surface area contributed by atoms with E-state index in [1.54, 1.807) is 0 Å². The van der Waals surface area contributed by atoms with Crippen LogP contribution in [0.1, 0.15) is 17.7 Å². The summed E-state index contributed by atoms with van der Waals surface area (Å²) in [5.74, 6) is 2.49. The molecular weight excluding hydrogens is 1200 g/mol. The third kappa shape index (κ3) is 7.76. The van der Waals surface area contributed by atoms with Gasteiger partial charge in [-0.2, -0.15) is 0 Å². The lowest BCUT2D eigenvalue weighted by atomic mass is 9.99. The van der Waals surface area contributed by atoms with Crippen molar-refractivity contribution in [3.8, 4) is 62.0 Å². The molecule has 0 spiro atoms. The molecule has 21 aromatic rings. The maximum absolute atomic E-state index is 6.49. The van der Waals surface area contributed by atoms with E-state index in [0.717, 1.165) is 190 Å². The SMILES string of the molecule is C1=Cc2c(oc3cc(-c4ccc5c(c4)c4ccccc4n5-c4ccc5nc(-c6ccc(-n7c8ccccc8c8cc(-c9ccc%10c(c9)oc9ccccc9%10)ccc87)c7ccccc67)nc(-n6c7ccccc7c7cc(-c8ccc9c(c8)oc8ccccc89)ccc76)c5c4)ccc23)CC1. The van der Waals surface area contributed by atoms with Crippen LogP contribution in [0.4, 0.5) is 0 Å². The first-order valence-electron chi connectivity index (χ1n) is 33.6. The van der Waals surface area contributed by atoms with Gasteiger partial charge in [-0.3, -0.25) is 4.57 Å². The van der Waals surface area contributed by atoms with Gasteiger partial charge in [-0.1, -0.05) is 164 Å². The van der Waals surface area contributed by atoms with Crippen molar-refractivity contribution in [2.45, 2.75) is 12.8 Å². The molecule has 0 atom stereocenters. The maximum Gasteiger partial charge on any atom is 0.162 e. The van der Waals surface area contributed by atoms with E-state index in [0.29, 0.717) is 5.82 Å².